The minimum Gasteiger partial charge on any atom is -0.368 e. The van der Waals surface area contributed by atoms with Crippen LogP contribution in [0.3, 0.4) is 0 Å². The molecule has 2 aromatic rings. The molecule has 24 heavy (non-hydrogen) atoms. The summed E-state index contributed by atoms with van der Waals surface area (Å²) < 4.78 is 23.9. The smallest absolute Gasteiger partial charge is 0.177 e. The Balaban J connectivity index is 1.66. The minimum absolute atomic E-state index is 0.401. The molecular weight excluding hydrogens is 346 g/mol. The Bertz CT molecular complexity index is 801. The van der Waals surface area contributed by atoms with Crippen LogP contribution in [0.2, 0.25) is 5.02 Å². The molecular formula is C17H20ClN3O2S. The molecule has 1 aliphatic heterocycles. The first-order chi connectivity index (χ1) is 11.4. The van der Waals surface area contributed by atoms with E-state index in [9.17, 15) is 8.42 Å². The summed E-state index contributed by atoms with van der Waals surface area (Å²) >= 11 is 5.86. The molecule has 1 saturated heterocycles. The summed E-state index contributed by atoms with van der Waals surface area (Å²) in [4.78, 5) is 9.19. The third-order valence-corrected chi connectivity index (χ3v) is 5.52. The van der Waals surface area contributed by atoms with E-state index in [1.54, 1.807) is 18.3 Å². The number of benzene rings is 1. The van der Waals surface area contributed by atoms with Crippen LogP contribution in [0.15, 0.2) is 47.5 Å². The molecule has 0 N–H and O–H groups in total. The summed E-state index contributed by atoms with van der Waals surface area (Å²) in [6.45, 7) is 4.09. The lowest BCUT2D eigenvalue weighted by Crippen LogP contribution is -2.46. The fourth-order valence-electron chi connectivity index (χ4n) is 2.91. The van der Waals surface area contributed by atoms with Gasteiger partial charge in [0.1, 0.15) is 0 Å². The predicted molar refractivity (Wildman–Crippen MR) is 96.3 cm³/mol. The van der Waals surface area contributed by atoms with Crippen LogP contribution in [-0.2, 0) is 16.4 Å². The van der Waals surface area contributed by atoms with Crippen LogP contribution in [0.4, 0.5) is 5.69 Å². The lowest BCUT2D eigenvalue weighted by Gasteiger charge is -2.36. The molecule has 0 radical (unpaired) electrons. The molecule has 3 rings (SSSR count). The summed E-state index contributed by atoms with van der Waals surface area (Å²) in [7, 11) is -3.23. The van der Waals surface area contributed by atoms with Gasteiger partial charge in [-0.15, -0.1) is 0 Å². The van der Waals surface area contributed by atoms with Crippen molar-refractivity contribution >= 4 is 27.1 Å². The van der Waals surface area contributed by atoms with Crippen LogP contribution in [0.5, 0.6) is 0 Å². The highest BCUT2D eigenvalue weighted by atomic mass is 35.5. The van der Waals surface area contributed by atoms with E-state index in [2.05, 4.69) is 14.8 Å². The summed E-state index contributed by atoms with van der Waals surface area (Å²) in [5, 5.41) is 0.640. The number of hydrogen-bond acceptors (Lipinski definition) is 5. The Kier molecular flexibility index (Phi) is 5.08. The van der Waals surface area contributed by atoms with E-state index in [-0.39, 0.29) is 0 Å². The van der Waals surface area contributed by atoms with E-state index < -0.39 is 9.84 Å². The number of pyridine rings is 1. The van der Waals surface area contributed by atoms with Crippen LogP contribution in [0.1, 0.15) is 5.69 Å². The number of hydrogen-bond donors (Lipinski definition) is 0. The first-order valence-corrected chi connectivity index (χ1v) is 10.1. The van der Waals surface area contributed by atoms with Crippen LogP contribution >= 0.6 is 11.6 Å². The van der Waals surface area contributed by atoms with Gasteiger partial charge < -0.3 is 4.90 Å². The van der Waals surface area contributed by atoms with Crippen molar-refractivity contribution in [2.24, 2.45) is 0 Å². The van der Waals surface area contributed by atoms with Gasteiger partial charge in [-0.2, -0.15) is 0 Å². The molecule has 0 bridgehead atoms. The number of nitrogens with zero attached hydrogens (tertiary/aromatic N) is 3. The van der Waals surface area contributed by atoms with Crippen molar-refractivity contribution in [1.82, 2.24) is 9.88 Å². The number of piperazine rings is 1. The van der Waals surface area contributed by atoms with Crippen molar-refractivity contribution in [3.05, 3.63) is 53.3 Å². The van der Waals surface area contributed by atoms with Gasteiger partial charge in [-0.1, -0.05) is 23.7 Å². The summed E-state index contributed by atoms with van der Waals surface area (Å²) in [5.41, 5.74) is 1.79. The van der Waals surface area contributed by atoms with Gasteiger partial charge in [-0.05, 0) is 24.3 Å². The molecule has 5 nitrogen and oxygen atoms in total. The average molecular weight is 366 g/mol. The van der Waals surface area contributed by atoms with Gasteiger partial charge in [0, 0.05) is 45.2 Å². The van der Waals surface area contributed by atoms with Crippen molar-refractivity contribution in [1.29, 1.82) is 0 Å². The second kappa shape index (κ2) is 7.09. The fourth-order valence-corrected chi connectivity index (χ4v) is 3.92. The lowest BCUT2D eigenvalue weighted by atomic mass is 10.2. The van der Waals surface area contributed by atoms with Crippen molar-refractivity contribution < 1.29 is 8.42 Å². The number of aromatic nitrogens is 1. The van der Waals surface area contributed by atoms with E-state index in [0.717, 1.165) is 44.1 Å². The Hall–Kier alpha value is -1.63. The Morgan fingerprint density at radius 2 is 1.79 bits per heavy atom. The zero-order chi connectivity index (χ0) is 17.2. The molecule has 2 heterocycles. The highest BCUT2D eigenvalue weighted by Gasteiger charge is 2.22. The normalized spacial score (nSPS) is 16.3. The maximum Gasteiger partial charge on any atom is 0.177 e. The van der Waals surface area contributed by atoms with Gasteiger partial charge in [0.05, 0.1) is 21.3 Å². The highest BCUT2D eigenvalue weighted by Crippen LogP contribution is 2.26. The molecule has 1 aromatic carbocycles. The Morgan fingerprint density at radius 3 is 2.42 bits per heavy atom. The second-order valence-electron chi connectivity index (χ2n) is 5.97. The zero-order valence-corrected chi connectivity index (χ0v) is 15.1. The van der Waals surface area contributed by atoms with Crippen molar-refractivity contribution in [3.8, 4) is 0 Å². The van der Waals surface area contributed by atoms with Crippen molar-refractivity contribution in [2.75, 3.05) is 37.3 Å². The van der Waals surface area contributed by atoms with Gasteiger partial charge in [0.2, 0.25) is 0 Å². The summed E-state index contributed by atoms with van der Waals surface area (Å²) in [6, 6.07) is 11.0. The number of halogens is 1. The van der Waals surface area contributed by atoms with E-state index in [0.29, 0.717) is 9.92 Å². The standard InChI is InChI=1S/C17H20ClN3O2S/c1-24(22,23)17-5-3-2-4-16(17)21-10-8-20(9-11-21)13-15-7-6-14(18)12-19-15/h2-7,12H,8-11,13H2,1H3. The Morgan fingerprint density at radius 1 is 1.08 bits per heavy atom. The molecule has 128 valence electrons. The third kappa shape index (κ3) is 4.06. The summed E-state index contributed by atoms with van der Waals surface area (Å²) in [6.07, 6.45) is 2.92. The van der Waals surface area contributed by atoms with Gasteiger partial charge in [0.15, 0.2) is 9.84 Å². The molecule has 7 heteroatoms. The van der Waals surface area contributed by atoms with Crippen LogP contribution in [0.25, 0.3) is 0 Å². The average Bonchev–Trinajstić information content (AvgIpc) is 2.57. The lowest BCUT2D eigenvalue weighted by molar-refractivity contribution is 0.247. The minimum atomic E-state index is -3.23. The molecule has 1 aromatic heterocycles. The van der Waals surface area contributed by atoms with Crippen molar-refractivity contribution in [3.63, 3.8) is 0 Å². The SMILES string of the molecule is CS(=O)(=O)c1ccccc1N1CCN(Cc2ccc(Cl)cn2)CC1. The maximum absolute atomic E-state index is 12.0. The molecule has 0 atom stereocenters. The first-order valence-electron chi connectivity index (χ1n) is 7.80. The zero-order valence-electron chi connectivity index (χ0n) is 13.5. The summed E-state index contributed by atoms with van der Waals surface area (Å²) in [5.74, 6) is 0. The highest BCUT2D eigenvalue weighted by molar-refractivity contribution is 7.90. The molecule has 0 saturated carbocycles. The van der Waals surface area contributed by atoms with Gasteiger partial charge in [-0.3, -0.25) is 9.88 Å². The largest absolute Gasteiger partial charge is 0.368 e. The van der Waals surface area contributed by atoms with Gasteiger partial charge in [0.25, 0.3) is 0 Å². The molecule has 0 amide bonds. The number of sulfone groups is 1. The fraction of sp³-hybridized carbons (Fsp3) is 0.353. The number of rotatable bonds is 4. The van der Waals surface area contributed by atoms with Crippen LogP contribution in [-0.4, -0.2) is 50.7 Å². The quantitative estimate of drug-likeness (QED) is 0.833. The van der Waals surface area contributed by atoms with E-state index in [1.165, 1.54) is 6.26 Å². The molecule has 1 fully saturated rings. The third-order valence-electron chi connectivity index (χ3n) is 4.15. The van der Waals surface area contributed by atoms with E-state index in [1.807, 2.05) is 24.3 Å². The number of anilines is 1. The number of para-hydroxylation sites is 1. The molecule has 0 unspecified atom stereocenters. The molecule has 0 spiro atoms. The monoisotopic (exact) mass is 365 g/mol. The van der Waals surface area contributed by atoms with Gasteiger partial charge >= 0.3 is 0 Å². The van der Waals surface area contributed by atoms with Crippen LogP contribution < -0.4 is 4.90 Å². The second-order valence-corrected chi connectivity index (χ2v) is 8.39. The van der Waals surface area contributed by atoms with E-state index in [4.69, 9.17) is 11.6 Å². The maximum atomic E-state index is 12.0. The Labute approximate surface area is 147 Å². The predicted octanol–water partition coefficient (Wildman–Crippen LogP) is 2.46. The van der Waals surface area contributed by atoms with Crippen molar-refractivity contribution in [2.45, 2.75) is 11.4 Å². The molecule has 1 aliphatic rings. The van der Waals surface area contributed by atoms with Gasteiger partial charge in [-0.25, -0.2) is 8.42 Å². The van der Waals surface area contributed by atoms with Crippen LogP contribution in [0, 0.1) is 0 Å². The molecule has 0 aliphatic carbocycles. The van der Waals surface area contributed by atoms with E-state index >= 15 is 0 Å². The first kappa shape index (κ1) is 17.2. The topological polar surface area (TPSA) is 53.5 Å².